The maximum absolute atomic E-state index is 12.1. The maximum Gasteiger partial charge on any atom is 0.259 e. The number of hydrogen-bond acceptors (Lipinski definition) is 3. The number of benzene rings is 2. The molecule has 1 heterocycles. The number of hydrazone groups is 1. The summed E-state index contributed by atoms with van der Waals surface area (Å²) in [5.41, 5.74) is 4.17. The van der Waals surface area contributed by atoms with E-state index in [4.69, 9.17) is 23.2 Å². The first-order valence-electron chi connectivity index (χ1n) is 8.12. The van der Waals surface area contributed by atoms with Crippen LogP contribution in [0.1, 0.15) is 23.5 Å². The second-order valence-electron chi connectivity index (χ2n) is 6.05. The van der Waals surface area contributed by atoms with Crippen molar-refractivity contribution in [3.63, 3.8) is 0 Å². The van der Waals surface area contributed by atoms with Crippen LogP contribution < -0.4 is 5.43 Å². The lowest BCUT2D eigenvalue weighted by Crippen LogP contribution is -2.36. The van der Waals surface area contributed by atoms with Gasteiger partial charge in [-0.2, -0.15) is 5.10 Å². The Labute approximate surface area is 161 Å². The average Bonchev–Trinajstić information content (AvgIpc) is 2.98. The molecule has 0 bridgehead atoms. The van der Waals surface area contributed by atoms with Crippen molar-refractivity contribution >= 4 is 41.2 Å². The molecule has 134 valence electrons. The SMILES string of the molecule is O=C(CN1CC(c2ccccc2)CC1=O)NN=Cc1ccc(Cl)cc1Cl. The van der Waals surface area contributed by atoms with Gasteiger partial charge in [-0.1, -0.05) is 59.6 Å². The van der Waals surface area contributed by atoms with E-state index in [9.17, 15) is 9.59 Å². The summed E-state index contributed by atoms with van der Waals surface area (Å²) in [6.45, 7) is 0.511. The second kappa shape index (κ2) is 8.34. The van der Waals surface area contributed by atoms with Gasteiger partial charge in [0.2, 0.25) is 5.91 Å². The summed E-state index contributed by atoms with van der Waals surface area (Å²) < 4.78 is 0. The first kappa shape index (κ1) is 18.4. The minimum Gasteiger partial charge on any atom is -0.333 e. The molecule has 0 aliphatic carbocycles. The van der Waals surface area contributed by atoms with Crippen LogP contribution >= 0.6 is 23.2 Å². The van der Waals surface area contributed by atoms with Crippen molar-refractivity contribution in [2.75, 3.05) is 13.1 Å². The van der Waals surface area contributed by atoms with Crippen molar-refractivity contribution in [1.82, 2.24) is 10.3 Å². The van der Waals surface area contributed by atoms with Crippen LogP contribution in [-0.2, 0) is 9.59 Å². The van der Waals surface area contributed by atoms with E-state index in [0.717, 1.165) is 5.56 Å². The first-order chi connectivity index (χ1) is 12.5. The molecule has 1 N–H and O–H groups in total. The molecule has 0 spiro atoms. The Morgan fingerprint density at radius 3 is 2.73 bits per heavy atom. The van der Waals surface area contributed by atoms with Crippen LogP contribution in [0.15, 0.2) is 53.6 Å². The van der Waals surface area contributed by atoms with Crippen molar-refractivity contribution in [2.24, 2.45) is 5.10 Å². The highest BCUT2D eigenvalue weighted by Crippen LogP contribution is 2.27. The summed E-state index contributed by atoms with van der Waals surface area (Å²) in [5.74, 6) is -0.264. The third-order valence-electron chi connectivity index (χ3n) is 4.18. The van der Waals surface area contributed by atoms with E-state index in [1.807, 2.05) is 30.3 Å². The second-order valence-corrected chi connectivity index (χ2v) is 6.89. The Balaban J connectivity index is 1.53. The Morgan fingerprint density at radius 2 is 2.00 bits per heavy atom. The van der Waals surface area contributed by atoms with E-state index in [1.54, 1.807) is 23.1 Å². The normalized spacial score (nSPS) is 17.1. The molecule has 1 saturated heterocycles. The van der Waals surface area contributed by atoms with Gasteiger partial charge in [-0.05, 0) is 17.7 Å². The highest BCUT2D eigenvalue weighted by atomic mass is 35.5. The van der Waals surface area contributed by atoms with Crippen LogP contribution in [0.3, 0.4) is 0 Å². The minimum atomic E-state index is -0.353. The lowest BCUT2D eigenvalue weighted by Gasteiger charge is -2.15. The molecule has 2 amide bonds. The molecule has 3 rings (SSSR count). The highest BCUT2D eigenvalue weighted by Gasteiger charge is 2.31. The zero-order valence-electron chi connectivity index (χ0n) is 13.9. The molecule has 26 heavy (non-hydrogen) atoms. The number of rotatable bonds is 5. The van der Waals surface area contributed by atoms with Gasteiger partial charge in [-0.25, -0.2) is 5.43 Å². The van der Waals surface area contributed by atoms with E-state index in [1.165, 1.54) is 6.21 Å². The molecular weight excluding hydrogens is 373 g/mol. The van der Waals surface area contributed by atoms with Crippen LogP contribution in [0, 0.1) is 0 Å². The fourth-order valence-electron chi connectivity index (χ4n) is 2.86. The summed E-state index contributed by atoms with van der Waals surface area (Å²) in [7, 11) is 0. The summed E-state index contributed by atoms with van der Waals surface area (Å²) in [6, 6.07) is 14.8. The third-order valence-corrected chi connectivity index (χ3v) is 4.74. The van der Waals surface area contributed by atoms with E-state index in [-0.39, 0.29) is 24.3 Å². The number of halogens is 2. The number of nitrogens with zero attached hydrogens (tertiary/aromatic N) is 2. The van der Waals surface area contributed by atoms with Gasteiger partial charge in [0.15, 0.2) is 0 Å². The van der Waals surface area contributed by atoms with Gasteiger partial charge in [-0.15, -0.1) is 0 Å². The quantitative estimate of drug-likeness (QED) is 0.628. The topological polar surface area (TPSA) is 61.8 Å². The van der Waals surface area contributed by atoms with Crippen molar-refractivity contribution in [3.05, 3.63) is 69.7 Å². The smallest absolute Gasteiger partial charge is 0.259 e. The van der Waals surface area contributed by atoms with Gasteiger partial charge < -0.3 is 4.90 Å². The van der Waals surface area contributed by atoms with Gasteiger partial charge in [0.25, 0.3) is 5.91 Å². The lowest BCUT2D eigenvalue weighted by molar-refractivity contribution is -0.133. The lowest BCUT2D eigenvalue weighted by atomic mass is 9.99. The number of carbonyl (C=O) groups excluding carboxylic acids is 2. The fraction of sp³-hybridized carbons (Fsp3) is 0.211. The minimum absolute atomic E-state index is 0.0200. The Morgan fingerprint density at radius 1 is 1.23 bits per heavy atom. The van der Waals surface area contributed by atoms with E-state index < -0.39 is 0 Å². The van der Waals surface area contributed by atoms with Gasteiger partial charge in [0.1, 0.15) is 6.54 Å². The fourth-order valence-corrected chi connectivity index (χ4v) is 3.32. The van der Waals surface area contributed by atoms with Crippen LogP contribution in [0.2, 0.25) is 10.0 Å². The summed E-state index contributed by atoms with van der Waals surface area (Å²) >= 11 is 11.9. The molecule has 2 aromatic carbocycles. The Hall–Kier alpha value is -2.37. The van der Waals surface area contributed by atoms with Crippen molar-refractivity contribution < 1.29 is 9.59 Å². The van der Waals surface area contributed by atoms with Gasteiger partial charge >= 0.3 is 0 Å². The van der Waals surface area contributed by atoms with E-state index in [2.05, 4.69) is 10.5 Å². The molecule has 1 aliphatic rings. The van der Waals surface area contributed by atoms with Crippen LogP contribution in [0.5, 0.6) is 0 Å². The monoisotopic (exact) mass is 389 g/mol. The van der Waals surface area contributed by atoms with Gasteiger partial charge in [0, 0.05) is 29.5 Å². The molecule has 1 atom stereocenters. The largest absolute Gasteiger partial charge is 0.333 e. The molecule has 0 saturated carbocycles. The third kappa shape index (κ3) is 4.62. The van der Waals surface area contributed by atoms with Crippen LogP contribution in [0.25, 0.3) is 0 Å². The number of hydrogen-bond donors (Lipinski definition) is 1. The van der Waals surface area contributed by atoms with Gasteiger partial charge in [0.05, 0.1) is 11.2 Å². The van der Waals surface area contributed by atoms with E-state index in [0.29, 0.717) is 28.6 Å². The molecule has 1 fully saturated rings. The average molecular weight is 390 g/mol. The maximum atomic E-state index is 12.1. The standard InChI is InChI=1S/C19H17Cl2N3O2/c20-16-7-6-14(17(21)9-16)10-22-23-18(25)12-24-11-15(8-19(24)26)13-4-2-1-3-5-13/h1-7,9-10,15H,8,11-12H2,(H,23,25). The van der Waals surface area contributed by atoms with Crippen molar-refractivity contribution in [2.45, 2.75) is 12.3 Å². The molecule has 0 aromatic heterocycles. The molecule has 1 unspecified atom stereocenters. The Kier molecular flexibility index (Phi) is 5.91. The Bertz CT molecular complexity index is 840. The zero-order chi connectivity index (χ0) is 18.5. The summed E-state index contributed by atoms with van der Waals surface area (Å²) in [5, 5.41) is 4.85. The molecule has 0 radical (unpaired) electrons. The number of carbonyl (C=O) groups is 2. The first-order valence-corrected chi connectivity index (χ1v) is 8.88. The molecule has 7 heteroatoms. The van der Waals surface area contributed by atoms with Crippen molar-refractivity contribution in [1.29, 1.82) is 0 Å². The zero-order valence-corrected chi connectivity index (χ0v) is 15.4. The van der Waals surface area contributed by atoms with Crippen LogP contribution in [0.4, 0.5) is 0 Å². The predicted octanol–water partition coefficient (Wildman–Crippen LogP) is 3.46. The number of nitrogens with one attached hydrogen (secondary N) is 1. The summed E-state index contributed by atoms with van der Waals surface area (Å²) in [6.07, 6.45) is 1.86. The van der Waals surface area contributed by atoms with Crippen LogP contribution in [-0.4, -0.2) is 36.0 Å². The molecule has 5 nitrogen and oxygen atoms in total. The molecular formula is C19H17Cl2N3O2. The molecule has 2 aromatic rings. The highest BCUT2D eigenvalue weighted by molar-refractivity contribution is 6.36. The molecule has 1 aliphatic heterocycles. The predicted molar refractivity (Wildman–Crippen MR) is 103 cm³/mol. The summed E-state index contributed by atoms with van der Waals surface area (Å²) in [4.78, 5) is 25.7. The number of likely N-dealkylation sites (tertiary alicyclic amines) is 1. The van der Waals surface area contributed by atoms with Gasteiger partial charge in [-0.3, -0.25) is 9.59 Å². The van der Waals surface area contributed by atoms with E-state index >= 15 is 0 Å². The van der Waals surface area contributed by atoms with Crippen molar-refractivity contribution in [3.8, 4) is 0 Å². The number of amides is 2.